The van der Waals surface area contributed by atoms with Crippen LogP contribution in [-0.2, 0) is 6.54 Å². The molecule has 2 rings (SSSR count). The van der Waals surface area contributed by atoms with E-state index in [0.29, 0.717) is 6.54 Å². The molecule has 1 aliphatic rings. The van der Waals surface area contributed by atoms with E-state index in [4.69, 9.17) is 0 Å². The SMILES string of the molecule is CNCc1cc(F)cc(N(C)CC2CCCCC2)c1. The van der Waals surface area contributed by atoms with Crippen LogP contribution < -0.4 is 10.2 Å². The fourth-order valence-electron chi connectivity index (χ4n) is 3.02. The maximum Gasteiger partial charge on any atom is 0.125 e. The quantitative estimate of drug-likeness (QED) is 0.874. The first kappa shape index (κ1) is 14.3. The van der Waals surface area contributed by atoms with Crippen LogP contribution in [0, 0.1) is 11.7 Å². The van der Waals surface area contributed by atoms with E-state index < -0.39 is 0 Å². The molecule has 0 radical (unpaired) electrons. The second-order valence-electron chi connectivity index (χ2n) is 5.73. The molecule has 1 fully saturated rings. The van der Waals surface area contributed by atoms with Crippen molar-refractivity contribution in [3.8, 4) is 0 Å². The molecular weight excluding hydrogens is 239 g/mol. The van der Waals surface area contributed by atoms with Crippen molar-refractivity contribution in [2.24, 2.45) is 5.92 Å². The Balaban J connectivity index is 2.02. The Labute approximate surface area is 116 Å². The molecule has 0 bridgehead atoms. The zero-order chi connectivity index (χ0) is 13.7. The average Bonchev–Trinajstić information content (AvgIpc) is 2.39. The fourth-order valence-corrected chi connectivity index (χ4v) is 3.02. The number of hydrogen-bond donors (Lipinski definition) is 1. The number of halogens is 1. The first-order valence-corrected chi connectivity index (χ1v) is 7.34. The monoisotopic (exact) mass is 264 g/mol. The van der Waals surface area contributed by atoms with Gasteiger partial charge in [-0.1, -0.05) is 19.3 Å². The molecule has 0 atom stereocenters. The van der Waals surface area contributed by atoms with Crippen molar-refractivity contribution in [3.05, 3.63) is 29.6 Å². The highest BCUT2D eigenvalue weighted by molar-refractivity contribution is 5.48. The number of nitrogens with one attached hydrogen (secondary N) is 1. The van der Waals surface area contributed by atoms with Gasteiger partial charge in [0.25, 0.3) is 0 Å². The summed E-state index contributed by atoms with van der Waals surface area (Å²) in [7, 11) is 3.96. The van der Waals surface area contributed by atoms with E-state index in [0.717, 1.165) is 23.7 Å². The first-order chi connectivity index (χ1) is 9.19. The normalized spacial score (nSPS) is 16.6. The molecule has 1 saturated carbocycles. The maximum atomic E-state index is 13.6. The Kier molecular flexibility index (Phi) is 5.20. The zero-order valence-electron chi connectivity index (χ0n) is 12.1. The molecule has 0 unspecified atom stereocenters. The summed E-state index contributed by atoms with van der Waals surface area (Å²) in [6.07, 6.45) is 6.73. The lowest BCUT2D eigenvalue weighted by atomic mass is 9.89. The molecule has 0 amide bonds. The largest absolute Gasteiger partial charge is 0.374 e. The van der Waals surface area contributed by atoms with Gasteiger partial charge in [-0.25, -0.2) is 4.39 Å². The van der Waals surface area contributed by atoms with Gasteiger partial charge in [0.05, 0.1) is 0 Å². The summed E-state index contributed by atoms with van der Waals surface area (Å²) in [5, 5.41) is 3.07. The molecule has 0 aliphatic heterocycles. The first-order valence-electron chi connectivity index (χ1n) is 7.34. The highest BCUT2D eigenvalue weighted by Crippen LogP contribution is 2.26. The zero-order valence-corrected chi connectivity index (χ0v) is 12.1. The molecule has 0 spiro atoms. The lowest BCUT2D eigenvalue weighted by Gasteiger charge is -2.28. The average molecular weight is 264 g/mol. The lowest BCUT2D eigenvalue weighted by Crippen LogP contribution is -2.27. The summed E-state index contributed by atoms with van der Waals surface area (Å²) in [5.74, 6) is 0.632. The molecule has 0 heterocycles. The standard InChI is InChI=1S/C16H25FN2/c1-18-11-14-8-15(17)10-16(9-14)19(2)12-13-6-4-3-5-7-13/h8-10,13,18H,3-7,11-12H2,1-2H3. The van der Waals surface area contributed by atoms with Gasteiger partial charge in [-0.15, -0.1) is 0 Å². The van der Waals surface area contributed by atoms with E-state index in [1.807, 2.05) is 7.05 Å². The van der Waals surface area contributed by atoms with Crippen molar-refractivity contribution >= 4 is 5.69 Å². The van der Waals surface area contributed by atoms with Crippen molar-refractivity contribution in [1.29, 1.82) is 0 Å². The molecule has 1 aliphatic carbocycles. The minimum absolute atomic E-state index is 0.141. The molecule has 19 heavy (non-hydrogen) atoms. The summed E-state index contributed by atoms with van der Waals surface area (Å²) in [6.45, 7) is 1.75. The van der Waals surface area contributed by atoms with Crippen LogP contribution in [0.5, 0.6) is 0 Å². The van der Waals surface area contributed by atoms with Gasteiger partial charge in [-0.05, 0) is 49.6 Å². The molecule has 3 heteroatoms. The van der Waals surface area contributed by atoms with E-state index in [1.54, 1.807) is 12.1 Å². The third-order valence-electron chi connectivity index (χ3n) is 4.02. The summed E-state index contributed by atoms with van der Waals surface area (Å²) < 4.78 is 13.6. The van der Waals surface area contributed by atoms with Crippen molar-refractivity contribution < 1.29 is 4.39 Å². The highest BCUT2D eigenvalue weighted by Gasteiger charge is 2.16. The van der Waals surface area contributed by atoms with E-state index in [2.05, 4.69) is 23.3 Å². The predicted molar refractivity (Wildman–Crippen MR) is 79.0 cm³/mol. The smallest absolute Gasteiger partial charge is 0.125 e. The minimum Gasteiger partial charge on any atom is -0.374 e. The Morgan fingerprint density at radius 1 is 1.21 bits per heavy atom. The van der Waals surface area contributed by atoms with Gasteiger partial charge in [-0.3, -0.25) is 0 Å². The van der Waals surface area contributed by atoms with Gasteiger partial charge in [0.1, 0.15) is 5.82 Å². The van der Waals surface area contributed by atoms with Crippen LogP contribution in [-0.4, -0.2) is 20.6 Å². The number of benzene rings is 1. The highest BCUT2D eigenvalue weighted by atomic mass is 19.1. The minimum atomic E-state index is -0.141. The molecule has 0 saturated heterocycles. The van der Waals surface area contributed by atoms with E-state index >= 15 is 0 Å². The summed E-state index contributed by atoms with van der Waals surface area (Å²) >= 11 is 0. The van der Waals surface area contributed by atoms with Crippen LogP contribution in [0.4, 0.5) is 10.1 Å². The van der Waals surface area contributed by atoms with Crippen LogP contribution >= 0.6 is 0 Å². The fraction of sp³-hybridized carbons (Fsp3) is 0.625. The van der Waals surface area contributed by atoms with Gasteiger partial charge in [-0.2, -0.15) is 0 Å². The van der Waals surface area contributed by atoms with Gasteiger partial charge in [0, 0.05) is 25.8 Å². The van der Waals surface area contributed by atoms with Gasteiger partial charge in [0.15, 0.2) is 0 Å². The van der Waals surface area contributed by atoms with E-state index in [1.165, 1.54) is 32.1 Å². The number of hydrogen-bond acceptors (Lipinski definition) is 2. The Hall–Kier alpha value is -1.09. The van der Waals surface area contributed by atoms with Crippen molar-refractivity contribution in [2.75, 3.05) is 25.5 Å². The van der Waals surface area contributed by atoms with Crippen LogP contribution in [0.15, 0.2) is 18.2 Å². The van der Waals surface area contributed by atoms with Crippen LogP contribution in [0.25, 0.3) is 0 Å². The molecular formula is C16H25FN2. The number of anilines is 1. The topological polar surface area (TPSA) is 15.3 Å². The van der Waals surface area contributed by atoms with Gasteiger partial charge in [0.2, 0.25) is 0 Å². The predicted octanol–water partition coefficient (Wildman–Crippen LogP) is 3.56. The summed E-state index contributed by atoms with van der Waals surface area (Å²) in [4.78, 5) is 2.21. The molecule has 1 N–H and O–H groups in total. The third kappa shape index (κ3) is 4.20. The Morgan fingerprint density at radius 2 is 1.95 bits per heavy atom. The molecule has 0 aromatic heterocycles. The van der Waals surface area contributed by atoms with Crippen molar-refractivity contribution in [1.82, 2.24) is 5.32 Å². The van der Waals surface area contributed by atoms with Crippen LogP contribution in [0.1, 0.15) is 37.7 Å². The number of nitrogens with zero attached hydrogens (tertiary/aromatic N) is 1. The second kappa shape index (κ2) is 6.90. The molecule has 1 aromatic carbocycles. The third-order valence-corrected chi connectivity index (χ3v) is 4.02. The van der Waals surface area contributed by atoms with Gasteiger partial charge < -0.3 is 10.2 Å². The van der Waals surface area contributed by atoms with Crippen molar-refractivity contribution in [2.45, 2.75) is 38.6 Å². The maximum absolute atomic E-state index is 13.6. The molecule has 106 valence electrons. The Morgan fingerprint density at radius 3 is 2.63 bits per heavy atom. The molecule has 1 aromatic rings. The van der Waals surface area contributed by atoms with E-state index in [9.17, 15) is 4.39 Å². The number of rotatable bonds is 5. The summed E-state index contributed by atoms with van der Waals surface area (Å²) in [6, 6.07) is 5.33. The van der Waals surface area contributed by atoms with Crippen LogP contribution in [0.2, 0.25) is 0 Å². The van der Waals surface area contributed by atoms with E-state index in [-0.39, 0.29) is 5.82 Å². The second-order valence-corrected chi connectivity index (χ2v) is 5.73. The van der Waals surface area contributed by atoms with Crippen LogP contribution in [0.3, 0.4) is 0 Å². The van der Waals surface area contributed by atoms with Crippen molar-refractivity contribution in [3.63, 3.8) is 0 Å². The van der Waals surface area contributed by atoms with Gasteiger partial charge >= 0.3 is 0 Å². The molecule has 2 nitrogen and oxygen atoms in total. The summed E-state index contributed by atoms with van der Waals surface area (Å²) in [5.41, 5.74) is 2.00. The Bertz CT molecular complexity index is 400. The lowest BCUT2D eigenvalue weighted by molar-refractivity contribution is 0.362.